The van der Waals surface area contributed by atoms with Crippen LogP contribution in [-0.4, -0.2) is 27.6 Å². The molecule has 2 heterocycles. The number of hydrogen-bond donors (Lipinski definition) is 2. The van der Waals surface area contributed by atoms with Gasteiger partial charge in [-0.15, -0.1) is 5.10 Å². The second kappa shape index (κ2) is 7.57. The first-order chi connectivity index (χ1) is 15.1. The number of amidine groups is 1. The van der Waals surface area contributed by atoms with Crippen LogP contribution < -0.4 is 5.32 Å². The third-order valence-electron chi connectivity index (χ3n) is 5.44. The van der Waals surface area contributed by atoms with Gasteiger partial charge in [-0.25, -0.2) is 5.01 Å². The average molecular weight is 408 g/mol. The number of carbonyl (C=O) groups is 2. The van der Waals surface area contributed by atoms with Gasteiger partial charge in [-0.3, -0.25) is 9.59 Å². The van der Waals surface area contributed by atoms with Crippen molar-refractivity contribution in [2.75, 3.05) is 0 Å². The van der Waals surface area contributed by atoms with E-state index in [1.54, 1.807) is 24.3 Å². The summed E-state index contributed by atoms with van der Waals surface area (Å²) in [5, 5.41) is 9.72. The van der Waals surface area contributed by atoms with Gasteiger partial charge in [0, 0.05) is 33.3 Å². The first-order valence-corrected chi connectivity index (χ1v) is 10.0. The van der Waals surface area contributed by atoms with Crippen molar-refractivity contribution in [1.82, 2.24) is 15.3 Å². The number of carbonyl (C=O) groups excluding carboxylic acids is 2. The molecule has 1 aromatic heterocycles. The van der Waals surface area contributed by atoms with Gasteiger partial charge < -0.3 is 10.3 Å². The molecule has 31 heavy (non-hydrogen) atoms. The molecular weight excluding hydrogens is 388 g/mol. The number of amides is 2. The van der Waals surface area contributed by atoms with Crippen molar-refractivity contribution in [2.24, 2.45) is 5.10 Å². The highest BCUT2D eigenvalue weighted by atomic mass is 16.2. The van der Waals surface area contributed by atoms with Crippen LogP contribution in [0.15, 0.2) is 90.0 Å². The van der Waals surface area contributed by atoms with Gasteiger partial charge in [-0.05, 0) is 25.1 Å². The van der Waals surface area contributed by atoms with Crippen LogP contribution in [0.5, 0.6) is 0 Å². The lowest BCUT2D eigenvalue weighted by molar-refractivity contribution is -0.125. The molecular formula is C25H20N4O2. The molecule has 0 radical (unpaired) electrons. The summed E-state index contributed by atoms with van der Waals surface area (Å²) in [6.45, 7) is 1.91. The van der Waals surface area contributed by atoms with Crippen molar-refractivity contribution in [3.63, 3.8) is 0 Å². The Morgan fingerprint density at radius 3 is 2.29 bits per heavy atom. The number of hydrogen-bond acceptors (Lipinski definition) is 3. The van der Waals surface area contributed by atoms with Crippen LogP contribution in [0.4, 0.5) is 0 Å². The Balaban J connectivity index is 1.69. The predicted octanol–water partition coefficient (Wildman–Crippen LogP) is 4.15. The smallest absolute Gasteiger partial charge is 0.275 e. The van der Waals surface area contributed by atoms with Gasteiger partial charge in [0.15, 0.2) is 11.9 Å². The molecule has 0 spiro atoms. The van der Waals surface area contributed by atoms with E-state index in [2.05, 4.69) is 15.4 Å². The number of hydrazone groups is 1. The Bertz CT molecular complexity index is 1310. The van der Waals surface area contributed by atoms with Crippen molar-refractivity contribution in [2.45, 2.75) is 13.0 Å². The lowest BCUT2D eigenvalue weighted by Gasteiger charge is -2.32. The van der Waals surface area contributed by atoms with Crippen molar-refractivity contribution < 1.29 is 9.59 Å². The topological polar surface area (TPSA) is 77.6 Å². The summed E-state index contributed by atoms with van der Waals surface area (Å²) in [6, 6.07) is 25.1. The van der Waals surface area contributed by atoms with E-state index in [4.69, 9.17) is 0 Å². The maximum Gasteiger partial charge on any atom is 0.275 e. The largest absolute Gasteiger partial charge is 0.358 e. The fraction of sp³-hybridized carbons (Fsp3) is 0.0800. The minimum Gasteiger partial charge on any atom is -0.358 e. The molecule has 1 aliphatic heterocycles. The van der Waals surface area contributed by atoms with Gasteiger partial charge >= 0.3 is 0 Å². The van der Waals surface area contributed by atoms with Gasteiger partial charge in [0.05, 0.1) is 0 Å². The van der Waals surface area contributed by atoms with Crippen molar-refractivity contribution in [1.29, 1.82) is 0 Å². The third kappa shape index (κ3) is 3.28. The fourth-order valence-electron chi connectivity index (χ4n) is 3.99. The molecule has 1 atom stereocenters. The predicted molar refractivity (Wildman–Crippen MR) is 120 cm³/mol. The van der Waals surface area contributed by atoms with Gasteiger partial charge in [-0.1, -0.05) is 66.7 Å². The summed E-state index contributed by atoms with van der Waals surface area (Å²) in [6.07, 6.45) is 0. The number of benzene rings is 3. The van der Waals surface area contributed by atoms with Gasteiger partial charge in [0.1, 0.15) is 0 Å². The molecule has 0 saturated carbocycles. The van der Waals surface area contributed by atoms with Crippen LogP contribution in [0.3, 0.4) is 0 Å². The molecule has 1 unspecified atom stereocenters. The molecule has 2 amide bonds. The maximum absolute atomic E-state index is 13.5. The van der Waals surface area contributed by atoms with Crippen LogP contribution in [-0.2, 0) is 4.79 Å². The zero-order valence-electron chi connectivity index (χ0n) is 16.9. The number of aryl methyl sites for hydroxylation is 1. The number of H-pyrrole nitrogens is 1. The van der Waals surface area contributed by atoms with Crippen LogP contribution in [0.2, 0.25) is 0 Å². The van der Waals surface area contributed by atoms with Crippen LogP contribution >= 0.6 is 0 Å². The third-order valence-corrected chi connectivity index (χ3v) is 5.44. The molecule has 0 saturated heterocycles. The highest BCUT2D eigenvalue weighted by Crippen LogP contribution is 2.34. The molecule has 1 aliphatic rings. The minimum atomic E-state index is -0.892. The average Bonchev–Trinajstić information content (AvgIpc) is 3.14. The maximum atomic E-state index is 13.5. The van der Waals surface area contributed by atoms with E-state index in [0.717, 1.165) is 27.7 Å². The molecule has 152 valence electrons. The van der Waals surface area contributed by atoms with Crippen molar-refractivity contribution in [3.8, 4) is 0 Å². The number of nitrogens with zero attached hydrogens (tertiary/aromatic N) is 2. The summed E-state index contributed by atoms with van der Waals surface area (Å²) in [5.74, 6) is -0.284. The Morgan fingerprint density at radius 2 is 1.55 bits per heavy atom. The standard InChI is InChI=1S/C25H20N4O2/c1-16-21(19-14-8-9-15-20(19)26-16)22-24(30)27-23(17-10-4-2-5-11-17)28-29(22)25(31)18-12-6-3-7-13-18/h2-15,22,26H,1H3,(H,27,28,30). The molecule has 6 nitrogen and oxygen atoms in total. The molecule has 5 rings (SSSR count). The number of rotatable bonds is 3. The zero-order chi connectivity index (χ0) is 21.4. The van der Waals surface area contributed by atoms with Gasteiger partial charge in [0.2, 0.25) is 0 Å². The van der Waals surface area contributed by atoms with E-state index in [0.29, 0.717) is 11.4 Å². The summed E-state index contributed by atoms with van der Waals surface area (Å²) in [7, 11) is 0. The Kier molecular flexibility index (Phi) is 4.59. The Hall–Kier alpha value is -4.19. The van der Waals surface area contributed by atoms with Gasteiger partial charge in [0.25, 0.3) is 11.8 Å². The molecule has 0 aliphatic carbocycles. The lowest BCUT2D eigenvalue weighted by atomic mass is 9.99. The summed E-state index contributed by atoms with van der Waals surface area (Å²) in [5.41, 5.74) is 3.68. The summed E-state index contributed by atoms with van der Waals surface area (Å²) < 4.78 is 0. The number of fused-ring (bicyclic) bond motifs is 1. The Morgan fingerprint density at radius 1 is 0.903 bits per heavy atom. The fourth-order valence-corrected chi connectivity index (χ4v) is 3.99. The quantitative estimate of drug-likeness (QED) is 0.534. The van der Waals surface area contributed by atoms with Crippen molar-refractivity contribution >= 4 is 28.6 Å². The van der Waals surface area contributed by atoms with Gasteiger partial charge in [-0.2, -0.15) is 0 Å². The van der Waals surface area contributed by atoms with E-state index < -0.39 is 6.04 Å². The number of aromatic nitrogens is 1. The van der Waals surface area contributed by atoms with E-state index in [1.807, 2.05) is 67.6 Å². The monoisotopic (exact) mass is 408 g/mol. The van der Waals surface area contributed by atoms with Crippen LogP contribution in [0.25, 0.3) is 10.9 Å². The van der Waals surface area contributed by atoms with Crippen LogP contribution in [0, 0.1) is 6.92 Å². The SMILES string of the molecule is Cc1[nH]c2ccccc2c1C1C(=O)NC(c2ccccc2)=NN1C(=O)c1ccccc1. The number of para-hydroxylation sites is 1. The first-order valence-electron chi connectivity index (χ1n) is 10.0. The molecule has 0 fully saturated rings. The van der Waals surface area contributed by atoms with E-state index in [1.165, 1.54) is 5.01 Å². The molecule has 4 aromatic rings. The zero-order valence-corrected chi connectivity index (χ0v) is 16.9. The van der Waals surface area contributed by atoms with Crippen molar-refractivity contribution in [3.05, 3.63) is 107 Å². The summed E-state index contributed by atoms with van der Waals surface area (Å²) in [4.78, 5) is 30.2. The van der Waals surface area contributed by atoms with E-state index in [9.17, 15) is 9.59 Å². The number of aromatic amines is 1. The highest BCUT2D eigenvalue weighted by Gasteiger charge is 2.39. The molecule has 2 N–H and O–H groups in total. The highest BCUT2D eigenvalue weighted by molar-refractivity contribution is 6.13. The van der Waals surface area contributed by atoms with Crippen LogP contribution in [0.1, 0.15) is 33.2 Å². The summed E-state index contributed by atoms with van der Waals surface area (Å²) >= 11 is 0. The Labute approximate surface area is 179 Å². The number of nitrogens with one attached hydrogen (secondary N) is 2. The minimum absolute atomic E-state index is 0.300. The first kappa shape index (κ1) is 18.8. The van der Waals surface area contributed by atoms with E-state index in [-0.39, 0.29) is 11.8 Å². The lowest BCUT2D eigenvalue weighted by Crippen LogP contribution is -2.49. The molecule has 6 heteroatoms. The van der Waals surface area contributed by atoms with E-state index >= 15 is 0 Å². The molecule has 0 bridgehead atoms. The molecule has 3 aromatic carbocycles. The normalized spacial score (nSPS) is 16.2. The second-order valence-corrected chi connectivity index (χ2v) is 7.43. The second-order valence-electron chi connectivity index (χ2n) is 7.43.